The molecule has 1 atom stereocenters. The highest BCUT2D eigenvalue weighted by atomic mass is 16.5. The van der Waals surface area contributed by atoms with E-state index in [1.54, 1.807) is 6.20 Å². The molecule has 0 aliphatic carbocycles. The van der Waals surface area contributed by atoms with Crippen LogP contribution in [-0.2, 0) is 11.3 Å². The van der Waals surface area contributed by atoms with Crippen LogP contribution in [0.3, 0.4) is 0 Å². The lowest BCUT2D eigenvalue weighted by Crippen LogP contribution is -2.44. The van der Waals surface area contributed by atoms with Crippen LogP contribution in [0.5, 0.6) is 0 Å². The van der Waals surface area contributed by atoms with E-state index in [1.807, 2.05) is 6.07 Å². The van der Waals surface area contributed by atoms with Crippen molar-refractivity contribution in [1.82, 2.24) is 20.4 Å². The highest BCUT2D eigenvalue weighted by Gasteiger charge is 2.16. The lowest BCUT2D eigenvalue weighted by molar-refractivity contribution is -0.0182. The molecule has 84 valence electrons. The zero-order valence-corrected chi connectivity index (χ0v) is 9.07. The molecule has 0 radical (unpaired) electrons. The molecule has 0 bridgehead atoms. The number of aromatic amines is 1. The van der Waals surface area contributed by atoms with Crippen LogP contribution in [0, 0.1) is 0 Å². The Bertz CT molecular complexity index is 275. The third kappa shape index (κ3) is 3.30. The van der Waals surface area contributed by atoms with Crippen molar-refractivity contribution < 1.29 is 4.74 Å². The van der Waals surface area contributed by atoms with Gasteiger partial charge in [-0.05, 0) is 13.1 Å². The van der Waals surface area contributed by atoms with Crippen LogP contribution in [0.1, 0.15) is 5.69 Å². The zero-order valence-electron chi connectivity index (χ0n) is 9.07. The van der Waals surface area contributed by atoms with Crippen LogP contribution in [0.2, 0.25) is 0 Å². The minimum Gasteiger partial charge on any atom is -0.374 e. The van der Waals surface area contributed by atoms with Gasteiger partial charge >= 0.3 is 0 Å². The summed E-state index contributed by atoms with van der Waals surface area (Å²) in [5.41, 5.74) is 1.11. The minimum absolute atomic E-state index is 0.312. The molecule has 1 unspecified atom stereocenters. The second kappa shape index (κ2) is 5.25. The van der Waals surface area contributed by atoms with Crippen molar-refractivity contribution in [3.05, 3.63) is 18.0 Å². The van der Waals surface area contributed by atoms with Gasteiger partial charge in [0, 0.05) is 38.1 Å². The van der Waals surface area contributed by atoms with Crippen LogP contribution in [0.4, 0.5) is 0 Å². The second-order valence-corrected chi connectivity index (χ2v) is 3.97. The number of rotatable bonds is 4. The fourth-order valence-corrected chi connectivity index (χ4v) is 1.74. The summed E-state index contributed by atoms with van der Waals surface area (Å²) in [6.07, 6.45) is 2.08. The average molecular weight is 210 g/mol. The first-order valence-electron chi connectivity index (χ1n) is 5.34. The summed E-state index contributed by atoms with van der Waals surface area (Å²) < 4.78 is 5.64. The maximum atomic E-state index is 5.64. The highest BCUT2D eigenvalue weighted by Crippen LogP contribution is 2.01. The van der Waals surface area contributed by atoms with Crippen LogP contribution in [0.25, 0.3) is 0 Å². The van der Waals surface area contributed by atoms with Crippen molar-refractivity contribution in [2.75, 3.05) is 33.3 Å². The van der Waals surface area contributed by atoms with Gasteiger partial charge in [-0.2, -0.15) is 5.10 Å². The second-order valence-electron chi connectivity index (χ2n) is 3.97. The molecule has 0 amide bonds. The Morgan fingerprint density at radius 3 is 3.40 bits per heavy atom. The van der Waals surface area contributed by atoms with Crippen LogP contribution in [-0.4, -0.2) is 54.5 Å². The molecule has 2 heterocycles. The van der Waals surface area contributed by atoms with E-state index in [-0.39, 0.29) is 0 Å². The van der Waals surface area contributed by atoms with Gasteiger partial charge in [0.2, 0.25) is 0 Å². The van der Waals surface area contributed by atoms with Gasteiger partial charge in [0.05, 0.1) is 12.7 Å². The number of aromatic nitrogens is 2. The lowest BCUT2D eigenvalue weighted by Gasteiger charge is -2.30. The van der Waals surface area contributed by atoms with Crippen molar-refractivity contribution >= 4 is 0 Å². The summed E-state index contributed by atoms with van der Waals surface area (Å²) in [5.74, 6) is 0. The summed E-state index contributed by atoms with van der Waals surface area (Å²) in [6.45, 7) is 4.60. The number of H-pyrrole nitrogens is 1. The Morgan fingerprint density at radius 1 is 1.73 bits per heavy atom. The molecule has 2 rings (SSSR count). The van der Waals surface area contributed by atoms with Gasteiger partial charge in [-0.25, -0.2) is 0 Å². The smallest absolute Gasteiger partial charge is 0.0826 e. The third-order valence-electron chi connectivity index (χ3n) is 2.59. The molecule has 5 nitrogen and oxygen atoms in total. The van der Waals surface area contributed by atoms with Gasteiger partial charge in [0.1, 0.15) is 0 Å². The molecule has 1 aromatic rings. The molecular weight excluding hydrogens is 192 g/mol. The molecule has 0 saturated carbocycles. The van der Waals surface area contributed by atoms with Crippen molar-refractivity contribution in [2.45, 2.75) is 12.6 Å². The number of likely N-dealkylation sites (N-methyl/N-ethyl adjacent to an activating group) is 1. The molecule has 1 aromatic heterocycles. The summed E-state index contributed by atoms with van der Waals surface area (Å²) in [4.78, 5) is 2.30. The normalized spacial score (nSPS) is 23.1. The number of hydrogen-bond donors (Lipinski definition) is 2. The molecule has 2 N–H and O–H groups in total. The Morgan fingerprint density at radius 2 is 2.67 bits per heavy atom. The number of nitrogens with zero attached hydrogens (tertiary/aromatic N) is 2. The minimum atomic E-state index is 0.312. The van der Waals surface area contributed by atoms with Crippen LogP contribution in [0.15, 0.2) is 12.3 Å². The lowest BCUT2D eigenvalue weighted by atomic mass is 10.3. The van der Waals surface area contributed by atoms with Gasteiger partial charge in [0.25, 0.3) is 0 Å². The van der Waals surface area contributed by atoms with Crippen LogP contribution >= 0.6 is 0 Å². The standard InChI is InChI=1S/C10H18N4O/c1-14-4-5-15-10(8-14)7-11-6-9-2-3-12-13-9/h2-3,10-11H,4-8H2,1H3,(H,12,13). The van der Waals surface area contributed by atoms with E-state index in [4.69, 9.17) is 4.74 Å². The fraction of sp³-hybridized carbons (Fsp3) is 0.700. The predicted molar refractivity (Wildman–Crippen MR) is 57.5 cm³/mol. The van der Waals surface area contributed by atoms with E-state index in [0.717, 1.165) is 38.5 Å². The predicted octanol–water partition coefficient (Wildman–Crippen LogP) is -0.170. The molecule has 1 aliphatic heterocycles. The van der Waals surface area contributed by atoms with Crippen molar-refractivity contribution in [3.63, 3.8) is 0 Å². The van der Waals surface area contributed by atoms with Gasteiger partial charge in [-0.15, -0.1) is 0 Å². The molecule has 1 aliphatic rings. The van der Waals surface area contributed by atoms with Crippen LogP contribution < -0.4 is 5.32 Å². The molecule has 1 saturated heterocycles. The van der Waals surface area contributed by atoms with Gasteiger partial charge < -0.3 is 15.0 Å². The summed E-state index contributed by atoms with van der Waals surface area (Å²) in [7, 11) is 2.13. The van der Waals surface area contributed by atoms with E-state index in [1.165, 1.54) is 0 Å². The molecule has 0 spiro atoms. The van der Waals surface area contributed by atoms with E-state index < -0.39 is 0 Å². The fourth-order valence-electron chi connectivity index (χ4n) is 1.74. The molecule has 15 heavy (non-hydrogen) atoms. The first-order valence-corrected chi connectivity index (χ1v) is 5.34. The Balaban J connectivity index is 1.65. The van der Waals surface area contributed by atoms with Gasteiger partial charge in [-0.3, -0.25) is 5.10 Å². The molecule has 5 heteroatoms. The van der Waals surface area contributed by atoms with E-state index in [9.17, 15) is 0 Å². The first kappa shape index (κ1) is 10.6. The maximum Gasteiger partial charge on any atom is 0.0826 e. The molecule has 0 aromatic carbocycles. The summed E-state index contributed by atoms with van der Waals surface area (Å²) in [5, 5.41) is 10.2. The maximum absolute atomic E-state index is 5.64. The van der Waals surface area contributed by atoms with E-state index in [0.29, 0.717) is 6.10 Å². The Kier molecular flexibility index (Phi) is 3.71. The number of ether oxygens (including phenoxy) is 1. The zero-order chi connectivity index (χ0) is 10.5. The van der Waals surface area contributed by atoms with Crippen molar-refractivity contribution in [3.8, 4) is 0 Å². The Labute approximate surface area is 89.8 Å². The van der Waals surface area contributed by atoms with Gasteiger partial charge in [-0.1, -0.05) is 0 Å². The quantitative estimate of drug-likeness (QED) is 0.724. The van der Waals surface area contributed by atoms with E-state index >= 15 is 0 Å². The largest absolute Gasteiger partial charge is 0.374 e. The van der Waals surface area contributed by atoms with Gasteiger partial charge in [0.15, 0.2) is 0 Å². The summed E-state index contributed by atoms with van der Waals surface area (Å²) in [6, 6.07) is 1.97. The average Bonchev–Trinajstić information content (AvgIpc) is 2.71. The summed E-state index contributed by atoms with van der Waals surface area (Å²) >= 11 is 0. The van der Waals surface area contributed by atoms with Crippen molar-refractivity contribution in [1.29, 1.82) is 0 Å². The Hall–Kier alpha value is -0.910. The SMILES string of the molecule is CN1CCOC(CNCc2ccn[nH]2)C1. The third-order valence-corrected chi connectivity index (χ3v) is 2.59. The topological polar surface area (TPSA) is 53.2 Å². The monoisotopic (exact) mass is 210 g/mol. The number of morpholine rings is 1. The molecule has 1 fully saturated rings. The number of hydrogen-bond acceptors (Lipinski definition) is 4. The molecular formula is C10H18N4O. The van der Waals surface area contributed by atoms with Crippen molar-refractivity contribution in [2.24, 2.45) is 0 Å². The first-order chi connectivity index (χ1) is 7.34. The van der Waals surface area contributed by atoms with E-state index in [2.05, 4.69) is 27.5 Å². The number of nitrogens with one attached hydrogen (secondary N) is 2. The highest BCUT2D eigenvalue weighted by molar-refractivity contribution is 4.96.